The summed E-state index contributed by atoms with van der Waals surface area (Å²) in [6, 6.07) is 2.72. The van der Waals surface area contributed by atoms with Crippen LogP contribution < -0.4 is 5.90 Å². The minimum Gasteiger partial charge on any atom is -0.300 e. The van der Waals surface area contributed by atoms with E-state index in [1.165, 1.54) is 12.1 Å². The van der Waals surface area contributed by atoms with E-state index in [2.05, 4.69) is 20.8 Å². The summed E-state index contributed by atoms with van der Waals surface area (Å²) in [5, 5.41) is 0.434. The first kappa shape index (κ1) is 9.92. The van der Waals surface area contributed by atoms with Crippen LogP contribution in [0.4, 0.5) is 4.39 Å². The van der Waals surface area contributed by atoms with E-state index < -0.39 is 5.82 Å². The lowest BCUT2D eigenvalue weighted by Gasteiger charge is -2.05. The number of hydrogen-bond acceptors (Lipinski definition) is 2. The number of nitrogens with two attached hydrogens (primary N) is 1. The summed E-state index contributed by atoms with van der Waals surface area (Å²) in [5.74, 6) is 4.43. The van der Waals surface area contributed by atoms with Crippen molar-refractivity contribution in [3.63, 3.8) is 0 Å². The van der Waals surface area contributed by atoms with Gasteiger partial charge in [-0.1, -0.05) is 11.6 Å². The SMILES string of the molecule is NOCc1c(F)ccc(Cl)c1Br. The van der Waals surface area contributed by atoms with Gasteiger partial charge in [0.25, 0.3) is 0 Å². The van der Waals surface area contributed by atoms with Gasteiger partial charge in [-0.05, 0) is 28.1 Å². The Labute approximate surface area is 82.5 Å². The fourth-order valence-corrected chi connectivity index (χ4v) is 1.40. The predicted molar refractivity (Wildman–Crippen MR) is 48.1 cm³/mol. The second kappa shape index (κ2) is 4.18. The third-order valence-corrected chi connectivity index (χ3v) is 2.82. The maximum absolute atomic E-state index is 13.0. The molecule has 0 bridgehead atoms. The lowest BCUT2D eigenvalue weighted by atomic mass is 10.2. The number of halogens is 3. The van der Waals surface area contributed by atoms with Gasteiger partial charge in [0, 0.05) is 10.0 Å². The van der Waals surface area contributed by atoms with Gasteiger partial charge in [-0.2, -0.15) is 0 Å². The first-order chi connectivity index (χ1) is 5.66. The van der Waals surface area contributed by atoms with E-state index >= 15 is 0 Å². The normalized spacial score (nSPS) is 10.3. The van der Waals surface area contributed by atoms with Gasteiger partial charge in [0.1, 0.15) is 5.82 Å². The van der Waals surface area contributed by atoms with Gasteiger partial charge in [-0.3, -0.25) is 4.84 Å². The highest BCUT2D eigenvalue weighted by Gasteiger charge is 2.09. The summed E-state index contributed by atoms with van der Waals surface area (Å²) in [6.07, 6.45) is 0. The summed E-state index contributed by atoms with van der Waals surface area (Å²) in [6.45, 7) is -0.00697. The fraction of sp³-hybridized carbons (Fsp3) is 0.143. The number of benzene rings is 1. The average Bonchev–Trinajstić information content (AvgIpc) is 2.06. The van der Waals surface area contributed by atoms with Crippen LogP contribution in [0.3, 0.4) is 0 Å². The molecule has 0 radical (unpaired) electrons. The van der Waals surface area contributed by atoms with Crippen molar-refractivity contribution in [1.29, 1.82) is 0 Å². The van der Waals surface area contributed by atoms with Crippen molar-refractivity contribution < 1.29 is 9.23 Å². The average molecular weight is 254 g/mol. The molecule has 12 heavy (non-hydrogen) atoms. The topological polar surface area (TPSA) is 35.2 Å². The summed E-state index contributed by atoms with van der Waals surface area (Å²) in [7, 11) is 0. The number of hydrogen-bond donors (Lipinski definition) is 1. The van der Waals surface area contributed by atoms with Crippen LogP contribution in [-0.4, -0.2) is 0 Å². The lowest BCUT2D eigenvalue weighted by Crippen LogP contribution is -2.02. The summed E-state index contributed by atoms with van der Waals surface area (Å²) < 4.78 is 13.5. The van der Waals surface area contributed by atoms with Crippen LogP contribution in [0.2, 0.25) is 5.02 Å². The van der Waals surface area contributed by atoms with Gasteiger partial charge < -0.3 is 0 Å². The minimum atomic E-state index is -0.392. The standard InChI is InChI=1S/C7H6BrClFNO/c8-7-4(3-12-11)6(10)2-1-5(7)9/h1-2H,3,11H2. The number of rotatable bonds is 2. The van der Waals surface area contributed by atoms with Crippen molar-refractivity contribution >= 4 is 27.5 Å². The molecule has 5 heteroatoms. The third kappa shape index (κ3) is 1.95. The molecule has 2 nitrogen and oxygen atoms in total. The quantitative estimate of drug-likeness (QED) is 0.650. The Bertz CT molecular complexity index is 295. The largest absolute Gasteiger partial charge is 0.300 e. The molecule has 0 aromatic heterocycles. The van der Waals surface area contributed by atoms with E-state index in [1.807, 2.05) is 0 Å². The molecule has 0 saturated heterocycles. The highest BCUT2D eigenvalue weighted by atomic mass is 79.9. The van der Waals surface area contributed by atoms with E-state index in [0.29, 0.717) is 15.1 Å². The monoisotopic (exact) mass is 253 g/mol. The molecular formula is C7H6BrClFNO. The zero-order valence-electron chi connectivity index (χ0n) is 5.98. The van der Waals surface area contributed by atoms with E-state index in [4.69, 9.17) is 17.5 Å². The molecule has 66 valence electrons. The molecule has 0 heterocycles. The molecule has 1 aromatic rings. The van der Waals surface area contributed by atoms with Crippen LogP contribution in [0.25, 0.3) is 0 Å². The highest BCUT2D eigenvalue weighted by molar-refractivity contribution is 9.10. The molecule has 1 rings (SSSR count). The van der Waals surface area contributed by atoms with Crippen molar-refractivity contribution in [2.24, 2.45) is 5.90 Å². The maximum Gasteiger partial charge on any atom is 0.130 e. The van der Waals surface area contributed by atoms with E-state index in [9.17, 15) is 4.39 Å². The van der Waals surface area contributed by atoms with Crippen LogP contribution in [0, 0.1) is 5.82 Å². The Hall–Kier alpha value is -0.160. The van der Waals surface area contributed by atoms with Gasteiger partial charge >= 0.3 is 0 Å². The summed E-state index contributed by atoms with van der Waals surface area (Å²) >= 11 is 8.84. The first-order valence-electron chi connectivity index (χ1n) is 3.11. The van der Waals surface area contributed by atoms with Gasteiger partial charge in [0.05, 0.1) is 11.6 Å². The Morgan fingerprint density at radius 3 is 2.83 bits per heavy atom. The molecule has 0 amide bonds. The van der Waals surface area contributed by atoms with E-state index in [-0.39, 0.29) is 6.61 Å². The molecule has 0 fully saturated rings. The molecule has 0 aliphatic rings. The molecule has 2 N–H and O–H groups in total. The van der Waals surface area contributed by atoms with Gasteiger partial charge in [0.15, 0.2) is 0 Å². The zero-order valence-corrected chi connectivity index (χ0v) is 8.32. The van der Waals surface area contributed by atoms with Crippen molar-refractivity contribution in [2.45, 2.75) is 6.61 Å². The van der Waals surface area contributed by atoms with Crippen molar-refractivity contribution in [3.8, 4) is 0 Å². The maximum atomic E-state index is 13.0. The van der Waals surface area contributed by atoms with Crippen LogP contribution in [0.5, 0.6) is 0 Å². The molecule has 0 spiro atoms. The molecular weight excluding hydrogens is 248 g/mol. The Morgan fingerprint density at radius 1 is 1.58 bits per heavy atom. The second-order valence-corrected chi connectivity index (χ2v) is 3.33. The van der Waals surface area contributed by atoms with E-state index in [0.717, 1.165) is 0 Å². The Balaban J connectivity index is 3.14. The zero-order chi connectivity index (χ0) is 9.14. The van der Waals surface area contributed by atoms with Crippen molar-refractivity contribution in [2.75, 3.05) is 0 Å². The van der Waals surface area contributed by atoms with Crippen LogP contribution >= 0.6 is 27.5 Å². The fourth-order valence-electron chi connectivity index (χ4n) is 0.785. The summed E-state index contributed by atoms with van der Waals surface area (Å²) in [4.78, 5) is 4.32. The molecule has 0 saturated carbocycles. The van der Waals surface area contributed by atoms with Crippen LogP contribution in [0.15, 0.2) is 16.6 Å². The van der Waals surface area contributed by atoms with Gasteiger partial charge in [-0.15, -0.1) is 0 Å². The second-order valence-electron chi connectivity index (χ2n) is 2.13. The highest BCUT2D eigenvalue weighted by Crippen LogP contribution is 2.28. The van der Waals surface area contributed by atoms with Crippen LogP contribution in [-0.2, 0) is 11.4 Å². The Morgan fingerprint density at radius 2 is 2.25 bits per heavy atom. The smallest absolute Gasteiger partial charge is 0.130 e. The predicted octanol–water partition coefficient (Wildman–Crippen LogP) is 2.63. The molecule has 0 atom stereocenters. The first-order valence-corrected chi connectivity index (χ1v) is 4.28. The van der Waals surface area contributed by atoms with Gasteiger partial charge in [-0.25, -0.2) is 10.3 Å². The van der Waals surface area contributed by atoms with Crippen molar-refractivity contribution in [1.82, 2.24) is 0 Å². The van der Waals surface area contributed by atoms with Crippen molar-refractivity contribution in [3.05, 3.63) is 33.0 Å². The summed E-state index contributed by atoms with van der Waals surface area (Å²) in [5.41, 5.74) is 0.324. The van der Waals surface area contributed by atoms with E-state index in [1.54, 1.807) is 0 Å². The Kier molecular flexibility index (Phi) is 3.46. The third-order valence-electron chi connectivity index (χ3n) is 1.37. The lowest BCUT2D eigenvalue weighted by molar-refractivity contribution is 0.121. The molecule has 0 unspecified atom stereocenters. The molecule has 0 aliphatic carbocycles. The molecule has 1 aromatic carbocycles. The van der Waals surface area contributed by atoms with Crippen LogP contribution in [0.1, 0.15) is 5.56 Å². The minimum absolute atomic E-state index is 0.00697. The van der Waals surface area contributed by atoms with Gasteiger partial charge in [0.2, 0.25) is 0 Å². The molecule has 0 aliphatic heterocycles.